The minimum absolute atomic E-state index is 0.0551. The first kappa shape index (κ1) is 17.6. The quantitative estimate of drug-likeness (QED) is 0.631. The topological polar surface area (TPSA) is 66.6 Å². The number of carbonyl (C=O) groups excluding carboxylic acids is 2. The van der Waals surface area contributed by atoms with Crippen LogP contribution in [-0.2, 0) is 9.59 Å². The Morgan fingerprint density at radius 1 is 1.32 bits per heavy atom. The highest BCUT2D eigenvalue weighted by molar-refractivity contribution is 5.86. The van der Waals surface area contributed by atoms with Gasteiger partial charge in [0.1, 0.15) is 0 Å². The third kappa shape index (κ3) is 5.87. The van der Waals surface area contributed by atoms with E-state index in [4.69, 9.17) is 5.73 Å². The minimum atomic E-state index is -0.299. The first-order chi connectivity index (χ1) is 8.84. The Balaban J connectivity index is 4.28. The van der Waals surface area contributed by atoms with Gasteiger partial charge in [-0.1, -0.05) is 20.4 Å². The molecule has 0 radical (unpaired) electrons. The molecule has 5 heteroatoms. The minimum Gasteiger partial charge on any atom is -0.368 e. The number of hydrogen-bond acceptors (Lipinski definition) is 3. The normalized spacial score (nSPS) is 12.5. The fourth-order valence-corrected chi connectivity index (χ4v) is 2.26. The van der Waals surface area contributed by atoms with Gasteiger partial charge in [-0.15, -0.1) is 0 Å². The summed E-state index contributed by atoms with van der Waals surface area (Å²) in [5.41, 5.74) is 5.41. The molecule has 2 amide bonds. The molecule has 0 saturated heterocycles. The third-order valence-electron chi connectivity index (χ3n) is 3.20. The van der Waals surface area contributed by atoms with E-state index in [1.165, 1.54) is 6.08 Å². The first-order valence-corrected chi connectivity index (χ1v) is 6.76. The summed E-state index contributed by atoms with van der Waals surface area (Å²) < 4.78 is 0. The summed E-state index contributed by atoms with van der Waals surface area (Å²) in [6.07, 6.45) is 2.13. The molecule has 0 fully saturated rings. The van der Waals surface area contributed by atoms with Crippen LogP contribution < -0.4 is 5.73 Å². The van der Waals surface area contributed by atoms with E-state index in [0.717, 1.165) is 13.0 Å². The molecule has 0 aliphatic carbocycles. The van der Waals surface area contributed by atoms with Gasteiger partial charge in [0, 0.05) is 19.6 Å². The zero-order valence-corrected chi connectivity index (χ0v) is 12.6. The van der Waals surface area contributed by atoms with E-state index in [-0.39, 0.29) is 23.8 Å². The predicted octanol–water partition coefficient (Wildman–Crippen LogP) is 0.853. The highest BCUT2D eigenvalue weighted by Gasteiger charge is 2.23. The summed E-state index contributed by atoms with van der Waals surface area (Å²) >= 11 is 0. The maximum atomic E-state index is 11.5. The van der Waals surface area contributed by atoms with Crippen LogP contribution in [0.15, 0.2) is 12.7 Å². The Labute approximate surface area is 116 Å². The van der Waals surface area contributed by atoms with E-state index in [0.29, 0.717) is 13.1 Å². The van der Waals surface area contributed by atoms with Crippen LogP contribution in [0.1, 0.15) is 27.2 Å². The highest BCUT2D eigenvalue weighted by Crippen LogP contribution is 2.09. The van der Waals surface area contributed by atoms with Crippen LogP contribution in [0, 0.1) is 5.92 Å². The van der Waals surface area contributed by atoms with Crippen LogP contribution >= 0.6 is 0 Å². The molecule has 0 spiro atoms. The second kappa shape index (κ2) is 8.69. The lowest BCUT2D eigenvalue weighted by Gasteiger charge is -2.29. The number of nitrogens with zero attached hydrogens (tertiary/aromatic N) is 2. The summed E-state index contributed by atoms with van der Waals surface area (Å²) in [6, 6.07) is -0.259. The van der Waals surface area contributed by atoms with Crippen molar-refractivity contribution in [2.24, 2.45) is 11.7 Å². The molecule has 0 aromatic heterocycles. The smallest absolute Gasteiger partial charge is 0.245 e. The number of rotatable bonds is 9. The van der Waals surface area contributed by atoms with Crippen molar-refractivity contribution in [2.75, 3.05) is 26.7 Å². The standard InChI is InChI=1S/C14H27N3O2/c1-6-12(18)17(7-2)10-8-9-16(5)13(11(3)4)14(15)19/h6,11,13H,1,7-10H2,2-5H3,(H2,15,19)/t13-/m0/s1. The lowest BCUT2D eigenvalue weighted by Crippen LogP contribution is -2.47. The highest BCUT2D eigenvalue weighted by atomic mass is 16.2. The number of hydrogen-bond donors (Lipinski definition) is 1. The van der Waals surface area contributed by atoms with Crippen LogP contribution in [-0.4, -0.2) is 54.3 Å². The van der Waals surface area contributed by atoms with Crippen LogP contribution in [0.25, 0.3) is 0 Å². The Bertz CT molecular complexity index is 316. The molecule has 0 unspecified atom stereocenters. The van der Waals surface area contributed by atoms with E-state index in [9.17, 15) is 9.59 Å². The second-order valence-electron chi connectivity index (χ2n) is 5.05. The van der Waals surface area contributed by atoms with Crippen LogP contribution in [0.5, 0.6) is 0 Å². The Hall–Kier alpha value is -1.36. The van der Waals surface area contributed by atoms with E-state index in [1.807, 2.05) is 32.7 Å². The lowest BCUT2D eigenvalue weighted by atomic mass is 10.0. The first-order valence-electron chi connectivity index (χ1n) is 6.76. The van der Waals surface area contributed by atoms with Gasteiger partial charge in [0.25, 0.3) is 0 Å². The van der Waals surface area contributed by atoms with Crippen LogP contribution in [0.4, 0.5) is 0 Å². The number of amides is 2. The van der Waals surface area contributed by atoms with Crippen molar-refractivity contribution < 1.29 is 9.59 Å². The molecule has 0 heterocycles. The maximum absolute atomic E-state index is 11.5. The van der Waals surface area contributed by atoms with Gasteiger partial charge < -0.3 is 10.6 Å². The van der Waals surface area contributed by atoms with Crippen molar-refractivity contribution >= 4 is 11.8 Å². The molecule has 19 heavy (non-hydrogen) atoms. The van der Waals surface area contributed by atoms with Gasteiger partial charge in [-0.2, -0.15) is 0 Å². The summed E-state index contributed by atoms with van der Waals surface area (Å²) in [5, 5.41) is 0. The third-order valence-corrected chi connectivity index (χ3v) is 3.20. The van der Waals surface area contributed by atoms with Crippen molar-refractivity contribution in [3.05, 3.63) is 12.7 Å². The van der Waals surface area contributed by atoms with Gasteiger partial charge in [0.2, 0.25) is 11.8 Å². The van der Waals surface area contributed by atoms with E-state index >= 15 is 0 Å². The number of nitrogens with two attached hydrogens (primary N) is 1. The van der Waals surface area contributed by atoms with E-state index < -0.39 is 0 Å². The molecule has 0 bridgehead atoms. The molecule has 2 N–H and O–H groups in total. The van der Waals surface area contributed by atoms with Gasteiger partial charge >= 0.3 is 0 Å². The monoisotopic (exact) mass is 269 g/mol. The Kier molecular flexibility index (Phi) is 8.07. The SMILES string of the molecule is C=CC(=O)N(CC)CCCN(C)[C@H](C(N)=O)C(C)C. The van der Waals surface area contributed by atoms with Crippen LogP contribution in [0.3, 0.4) is 0 Å². The van der Waals surface area contributed by atoms with Gasteiger partial charge in [0.05, 0.1) is 6.04 Å². The fourth-order valence-electron chi connectivity index (χ4n) is 2.26. The molecule has 110 valence electrons. The molecular weight excluding hydrogens is 242 g/mol. The lowest BCUT2D eigenvalue weighted by molar-refractivity contribution is -0.127. The number of carbonyl (C=O) groups is 2. The molecule has 0 aliphatic rings. The zero-order chi connectivity index (χ0) is 15.0. The van der Waals surface area contributed by atoms with E-state index in [2.05, 4.69) is 6.58 Å². The van der Waals surface area contributed by atoms with Crippen molar-refractivity contribution in [1.82, 2.24) is 9.80 Å². The van der Waals surface area contributed by atoms with Gasteiger partial charge in [-0.05, 0) is 32.4 Å². The average molecular weight is 269 g/mol. The summed E-state index contributed by atoms with van der Waals surface area (Å²) in [5.74, 6) is -0.174. The molecular formula is C14H27N3O2. The van der Waals surface area contributed by atoms with Crippen LogP contribution in [0.2, 0.25) is 0 Å². The molecule has 0 rings (SSSR count). The van der Waals surface area contributed by atoms with Gasteiger partial charge in [-0.25, -0.2) is 0 Å². The Morgan fingerprint density at radius 3 is 2.26 bits per heavy atom. The summed E-state index contributed by atoms with van der Waals surface area (Å²) in [7, 11) is 1.89. The maximum Gasteiger partial charge on any atom is 0.245 e. The predicted molar refractivity (Wildman–Crippen MR) is 77.5 cm³/mol. The average Bonchev–Trinajstić information content (AvgIpc) is 2.32. The molecule has 0 aromatic rings. The van der Waals surface area contributed by atoms with Crippen molar-refractivity contribution in [3.63, 3.8) is 0 Å². The molecule has 1 atom stereocenters. The summed E-state index contributed by atoms with van der Waals surface area (Å²) in [4.78, 5) is 26.6. The fraction of sp³-hybridized carbons (Fsp3) is 0.714. The van der Waals surface area contributed by atoms with Crippen molar-refractivity contribution in [1.29, 1.82) is 0 Å². The van der Waals surface area contributed by atoms with Crippen molar-refractivity contribution in [3.8, 4) is 0 Å². The molecule has 5 nitrogen and oxygen atoms in total. The van der Waals surface area contributed by atoms with Gasteiger partial charge in [-0.3, -0.25) is 14.5 Å². The second-order valence-corrected chi connectivity index (χ2v) is 5.05. The van der Waals surface area contributed by atoms with Gasteiger partial charge in [0.15, 0.2) is 0 Å². The Morgan fingerprint density at radius 2 is 1.89 bits per heavy atom. The van der Waals surface area contributed by atoms with Crippen molar-refractivity contribution in [2.45, 2.75) is 33.2 Å². The number of primary amides is 1. The molecule has 0 aliphatic heterocycles. The molecule has 0 saturated carbocycles. The van der Waals surface area contributed by atoms with E-state index in [1.54, 1.807) is 4.90 Å². The summed E-state index contributed by atoms with van der Waals surface area (Å²) in [6.45, 7) is 11.4. The largest absolute Gasteiger partial charge is 0.368 e. The zero-order valence-electron chi connectivity index (χ0n) is 12.6. The number of likely N-dealkylation sites (N-methyl/N-ethyl adjacent to an activating group) is 2. The molecule has 0 aromatic carbocycles.